The minimum absolute atomic E-state index is 0.116. The highest BCUT2D eigenvalue weighted by Gasteiger charge is 2.05. The number of hydrogen-bond acceptors (Lipinski definition) is 2. The molecule has 0 saturated heterocycles. The number of benzene rings is 1. The summed E-state index contributed by atoms with van der Waals surface area (Å²) in [5, 5.41) is 0. The second-order valence-electron chi connectivity index (χ2n) is 4.43. The number of ether oxygens (including phenoxy) is 1. The molecule has 0 unspecified atom stereocenters. The summed E-state index contributed by atoms with van der Waals surface area (Å²) < 4.78 is 5.17. The fourth-order valence-electron chi connectivity index (χ4n) is 1.43. The van der Waals surface area contributed by atoms with Gasteiger partial charge in [-0.15, -0.1) is 0 Å². The molecular weight excluding hydrogens is 200 g/mol. The van der Waals surface area contributed by atoms with Gasteiger partial charge >= 0.3 is 5.97 Å². The van der Waals surface area contributed by atoms with Crippen LogP contribution in [0.5, 0.6) is 0 Å². The first-order chi connectivity index (χ1) is 7.61. The highest BCUT2D eigenvalue weighted by molar-refractivity contribution is 5.69. The van der Waals surface area contributed by atoms with E-state index in [1.165, 1.54) is 5.56 Å². The lowest BCUT2D eigenvalue weighted by atomic mass is 10.1. The standard InChI is InChI=1S/C14H20O2/c1-4-12-5-7-13(8-6-12)10-16-14(15)9-11(2)3/h5-8,11H,4,9-10H2,1-3H3. The van der Waals surface area contributed by atoms with E-state index in [-0.39, 0.29) is 5.97 Å². The van der Waals surface area contributed by atoms with Crippen molar-refractivity contribution in [2.24, 2.45) is 5.92 Å². The Hall–Kier alpha value is -1.31. The van der Waals surface area contributed by atoms with Crippen molar-refractivity contribution >= 4 is 5.97 Å². The molecule has 2 nitrogen and oxygen atoms in total. The SMILES string of the molecule is CCc1ccc(COC(=O)CC(C)C)cc1. The van der Waals surface area contributed by atoms with Crippen molar-refractivity contribution in [2.75, 3.05) is 0 Å². The number of esters is 1. The molecule has 1 aromatic carbocycles. The maximum absolute atomic E-state index is 11.3. The third kappa shape index (κ3) is 4.47. The van der Waals surface area contributed by atoms with Gasteiger partial charge in [0.05, 0.1) is 0 Å². The van der Waals surface area contributed by atoms with E-state index < -0.39 is 0 Å². The Kier molecular flexibility index (Phi) is 5.03. The fourth-order valence-corrected chi connectivity index (χ4v) is 1.43. The molecular formula is C14H20O2. The van der Waals surface area contributed by atoms with Crippen LogP contribution in [0.3, 0.4) is 0 Å². The third-order valence-corrected chi connectivity index (χ3v) is 2.41. The van der Waals surface area contributed by atoms with Gasteiger partial charge in [-0.3, -0.25) is 4.79 Å². The summed E-state index contributed by atoms with van der Waals surface area (Å²) >= 11 is 0. The number of hydrogen-bond donors (Lipinski definition) is 0. The van der Waals surface area contributed by atoms with E-state index in [1.54, 1.807) is 0 Å². The monoisotopic (exact) mass is 220 g/mol. The highest BCUT2D eigenvalue weighted by Crippen LogP contribution is 2.08. The smallest absolute Gasteiger partial charge is 0.306 e. The van der Waals surface area contributed by atoms with E-state index in [2.05, 4.69) is 19.1 Å². The maximum Gasteiger partial charge on any atom is 0.306 e. The molecule has 0 spiro atoms. The lowest BCUT2D eigenvalue weighted by Crippen LogP contribution is -2.07. The molecule has 1 aromatic rings. The molecule has 0 radical (unpaired) electrons. The molecule has 2 heteroatoms. The van der Waals surface area contributed by atoms with Gasteiger partial charge in [-0.05, 0) is 23.5 Å². The molecule has 16 heavy (non-hydrogen) atoms. The minimum Gasteiger partial charge on any atom is -0.461 e. The van der Waals surface area contributed by atoms with Crippen molar-refractivity contribution in [2.45, 2.75) is 40.2 Å². The zero-order chi connectivity index (χ0) is 12.0. The van der Waals surface area contributed by atoms with Crippen LogP contribution in [0.25, 0.3) is 0 Å². The Morgan fingerprint density at radius 3 is 2.25 bits per heavy atom. The lowest BCUT2D eigenvalue weighted by Gasteiger charge is -2.07. The molecule has 0 heterocycles. The molecule has 0 aliphatic rings. The van der Waals surface area contributed by atoms with Crippen LogP contribution in [0.4, 0.5) is 0 Å². The summed E-state index contributed by atoms with van der Waals surface area (Å²) in [7, 11) is 0. The fraction of sp³-hybridized carbons (Fsp3) is 0.500. The Morgan fingerprint density at radius 1 is 1.19 bits per heavy atom. The summed E-state index contributed by atoms with van der Waals surface area (Å²) in [6.45, 7) is 6.53. The van der Waals surface area contributed by atoms with Gasteiger partial charge in [0.2, 0.25) is 0 Å². The van der Waals surface area contributed by atoms with Gasteiger partial charge in [0, 0.05) is 6.42 Å². The Labute approximate surface area is 97.6 Å². The predicted molar refractivity (Wildman–Crippen MR) is 65.1 cm³/mol. The van der Waals surface area contributed by atoms with E-state index in [1.807, 2.05) is 26.0 Å². The van der Waals surface area contributed by atoms with Gasteiger partial charge in [0.25, 0.3) is 0 Å². The van der Waals surface area contributed by atoms with E-state index in [0.29, 0.717) is 18.9 Å². The van der Waals surface area contributed by atoms with Crippen molar-refractivity contribution < 1.29 is 9.53 Å². The van der Waals surface area contributed by atoms with Crippen LogP contribution in [0.15, 0.2) is 24.3 Å². The third-order valence-electron chi connectivity index (χ3n) is 2.41. The molecule has 0 atom stereocenters. The number of rotatable bonds is 5. The molecule has 0 aliphatic heterocycles. The summed E-state index contributed by atoms with van der Waals surface area (Å²) in [4.78, 5) is 11.3. The zero-order valence-electron chi connectivity index (χ0n) is 10.3. The van der Waals surface area contributed by atoms with Crippen LogP contribution in [0.1, 0.15) is 38.3 Å². The molecule has 0 amide bonds. The molecule has 0 N–H and O–H groups in total. The molecule has 0 aliphatic carbocycles. The summed E-state index contributed by atoms with van der Waals surface area (Å²) in [6.07, 6.45) is 1.53. The van der Waals surface area contributed by atoms with E-state index in [0.717, 1.165) is 12.0 Å². The van der Waals surface area contributed by atoms with Gasteiger partial charge in [-0.1, -0.05) is 45.0 Å². The van der Waals surface area contributed by atoms with Crippen molar-refractivity contribution in [1.29, 1.82) is 0 Å². The molecule has 88 valence electrons. The summed E-state index contributed by atoms with van der Waals surface area (Å²) in [6, 6.07) is 8.18. The number of carbonyl (C=O) groups is 1. The minimum atomic E-state index is -0.116. The van der Waals surface area contributed by atoms with Crippen molar-refractivity contribution in [3.8, 4) is 0 Å². The summed E-state index contributed by atoms with van der Waals surface area (Å²) in [5.41, 5.74) is 2.35. The van der Waals surface area contributed by atoms with Gasteiger partial charge in [0.15, 0.2) is 0 Å². The van der Waals surface area contributed by atoms with Crippen LogP contribution in [0, 0.1) is 5.92 Å². The average Bonchev–Trinajstić information content (AvgIpc) is 2.26. The van der Waals surface area contributed by atoms with Crippen LogP contribution < -0.4 is 0 Å². The Morgan fingerprint density at radius 2 is 1.75 bits per heavy atom. The second-order valence-corrected chi connectivity index (χ2v) is 4.43. The average molecular weight is 220 g/mol. The van der Waals surface area contributed by atoms with Gasteiger partial charge in [-0.2, -0.15) is 0 Å². The highest BCUT2D eigenvalue weighted by atomic mass is 16.5. The van der Waals surface area contributed by atoms with Crippen molar-refractivity contribution in [3.05, 3.63) is 35.4 Å². The van der Waals surface area contributed by atoms with Crippen LogP contribution in [0.2, 0.25) is 0 Å². The van der Waals surface area contributed by atoms with Crippen LogP contribution in [-0.2, 0) is 22.6 Å². The topological polar surface area (TPSA) is 26.3 Å². The normalized spacial score (nSPS) is 10.5. The largest absolute Gasteiger partial charge is 0.461 e. The molecule has 0 bridgehead atoms. The van der Waals surface area contributed by atoms with Crippen molar-refractivity contribution in [3.63, 3.8) is 0 Å². The first kappa shape index (κ1) is 12.8. The van der Waals surface area contributed by atoms with Gasteiger partial charge < -0.3 is 4.74 Å². The van der Waals surface area contributed by atoms with Crippen LogP contribution in [-0.4, -0.2) is 5.97 Å². The van der Waals surface area contributed by atoms with Gasteiger partial charge in [0.1, 0.15) is 6.61 Å². The number of aryl methyl sites for hydroxylation is 1. The molecule has 0 fully saturated rings. The maximum atomic E-state index is 11.3. The molecule has 1 rings (SSSR count). The molecule has 0 aromatic heterocycles. The van der Waals surface area contributed by atoms with Crippen LogP contribution >= 0.6 is 0 Å². The Bertz CT molecular complexity index is 325. The van der Waals surface area contributed by atoms with E-state index in [9.17, 15) is 4.79 Å². The second kappa shape index (κ2) is 6.31. The first-order valence-electron chi connectivity index (χ1n) is 5.85. The molecule has 0 saturated carbocycles. The lowest BCUT2D eigenvalue weighted by molar-refractivity contribution is -0.145. The quantitative estimate of drug-likeness (QED) is 0.711. The van der Waals surface area contributed by atoms with E-state index >= 15 is 0 Å². The predicted octanol–water partition coefficient (Wildman–Crippen LogP) is 3.34. The first-order valence-corrected chi connectivity index (χ1v) is 5.85. The van der Waals surface area contributed by atoms with Crippen molar-refractivity contribution in [1.82, 2.24) is 0 Å². The Balaban J connectivity index is 2.39. The summed E-state index contributed by atoms with van der Waals surface area (Å²) in [5.74, 6) is 0.240. The van der Waals surface area contributed by atoms with Gasteiger partial charge in [-0.25, -0.2) is 0 Å². The number of carbonyl (C=O) groups excluding carboxylic acids is 1. The van der Waals surface area contributed by atoms with E-state index in [4.69, 9.17) is 4.74 Å². The zero-order valence-corrected chi connectivity index (χ0v) is 10.3.